The molecule has 0 saturated carbocycles. The third kappa shape index (κ3) is 1.83. The average Bonchev–Trinajstić information content (AvgIpc) is 2.08. The summed E-state index contributed by atoms with van der Waals surface area (Å²) in [5, 5.41) is 8.61. The molecule has 0 amide bonds. The molecule has 7 heteroatoms. The number of anilines is 2. The Morgan fingerprint density at radius 1 is 1.43 bits per heavy atom. The molecule has 0 heterocycles. The maximum absolute atomic E-state index is 10.6. The zero-order chi connectivity index (χ0) is 10.9. The third-order valence-electron chi connectivity index (χ3n) is 1.60. The normalized spacial score (nSPS) is 12.4. The lowest BCUT2D eigenvalue weighted by molar-refractivity contribution is 0.0696. The average molecular weight is 215 g/mol. The van der Waals surface area contributed by atoms with Gasteiger partial charge in [-0.2, -0.15) is 0 Å². The highest BCUT2D eigenvalue weighted by molar-refractivity contribution is 7.79. The van der Waals surface area contributed by atoms with Crippen molar-refractivity contribution >= 4 is 28.4 Å². The van der Waals surface area contributed by atoms with Crippen LogP contribution in [0.2, 0.25) is 0 Å². The molecule has 1 aromatic rings. The SMILES string of the molecule is Nc1cc(C(=O)O)cc(S(=O)[O-])c1N. The molecular formula is C7H7N2O4S-. The van der Waals surface area contributed by atoms with Gasteiger partial charge >= 0.3 is 5.97 Å². The fraction of sp³-hybridized carbons (Fsp3) is 0. The summed E-state index contributed by atoms with van der Waals surface area (Å²) in [6.45, 7) is 0. The Balaban J connectivity index is 3.43. The fourth-order valence-electron chi connectivity index (χ4n) is 0.910. The van der Waals surface area contributed by atoms with Crippen LogP contribution in [0.3, 0.4) is 0 Å². The van der Waals surface area contributed by atoms with Crippen LogP contribution in [0, 0.1) is 0 Å². The highest BCUT2D eigenvalue weighted by Crippen LogP contribution is 2.24. The van der Waals surface area contributed by atoms with Crippen LogP contribution in [-0.2, 0) is 11.1 Å². The van der Waals surface area contributed by atoms with Crippen LogP contribution >= 0.6 is 0 Å². The van der Waals surface area contributed by atoms with Gasteiger partial charge in [0.05, 0.1) is 21.8 Å². The van der Waals surface area contributed by atoms with Gasteiger partial charge < -0.3 is 21.1 Å². The van der Waals surface area contributed by atoms with Crippen LogP contribution in [0.4, 0.5) is 11.4 Å². The molecule has 0 spiro atoms. The van der Waals surface area contributed by atoms with E-state index in [2.05, 4.69) is 0 Å². The lowest BCUT2D eigenvalue weighted by Gasteiger charge is -2.11. The second kappa shape index (κ2) is 3.64. The van der Waals surface area contributed by atoms with Gasteiger partial charge in [0.1, 0.15) is 0 Å². The second-order valence-electron chi connectivity index (χ2n) is 2.52. The Morgan fingerprint density at radius 3 is 2.43 bits per heavy atom. The number of nitrogens with two attached hydrogens (primary N) is 2. The van der Waals surface area contributed by atoms with E-state index in [0.29, 0.717) is 0 Å². The number of carboxylic acid groups (broad SMARTS) is 1. The van der Waals surface area contributed by atoms with Gasteiger partial charge in [0.25, 0.3) is 0 Å². The van der Waals surface area contributed by atoms with Gasteiger partial charge in [-0.15, -0.1) is 0 Å². The number of rotatable bonds is 2. The first-order valence-electron chi connectivity index (χ1n) is 3.45. The van der Waals surface area contributed by atoms with Crippen molar-refractivity contribution in [1.82, 2.24) is 0 Å². The topological polar surface area (TPSA) is 129 Å². The molecule has 5 N–H and O–H groups in total. The Morgan fingerprint density at radius 2 is 2.00 bits per heavy atom. The standard InChI is InChI=1S/C7H8N2O4S/c8-4-1-3(7(10)11)2-5(6(4)9)14(12)13/h1-2H,8-9H2,(H,10,11)(H,12,13)/p-1. The minimum atomic E-state index is -2.60. The summed E-state index contributed by atoms with van der Waals surface area (Å²) in [6.07, 6.45) is 0. The van der Waals surface area contributed by atoms with Crippen LogP contribution < -0.4 is 11.5 Å². The van der Waals surface area contributed by atoms with Gasteiger partial charge in [0, 0.05) is 0 Å². The number of hydrogen-bond acceptors (Lipinski definition) is 5. The van der Waals surface area contributed by atoms with Crippen molar-refractivity contribution in [1.29, 1.82) is 0 Å². The molecule has 1 rings (SSSR count). The highest BCUT2D eigenvalue weighted by Gasteiger charge is 2.10. The van der Waals surface area contributed by atoms with Crippen LogP contribution in [0.5, 0.6) is 0 Å². The van der Waals surface area contributed by atoms with Crippen LogP contribution in [-0.4, -0.2) is 19.8 Å². The zero-order valence-corrected chi connectivity index (χ0v) is 7.71. The van der Waals surface area contributed by atoms with Gasteiger partial charge in [-0.25, -0.2) is 4.79 Å². The molecule has 1 atom stereocenters. The smallest absolute Gasteiger partial charge is 0.335 e. The number of carbonyl (C=O) groups is 1. The maximum atomic E-state index is 10.6. The van der Waals surface area contributed by atoms with Gasteiger partial charge in [0.15, 0.2) is 0 Å². The molecule has 6 nitrogen and oxygen atoms in total. The van der Waals surface area contributed by atoms with E-state index in [4.69, 9.17) is 16.6 Å². The van der Waals surface area contributed by atoms with Crippen LogP contribution in [0.1, 0.15) is 10.4 Å². The molecule has 0 aromatic heterocycles. The van der Waals surface area contributed by atoms with E-state index in [0.717, 1.165) is 12.1 Å². The van der Waals surface area contributed by atoms with Crippen LogP contribution in [0.15, 0.2) is 17.0 Å². The molecule has 0 radical (unpaired) electrons. The van der Waals surface area contributed by atoms with E-state index in [1.807, 2.05) is 0 Å². The summed E-state index contributed by atoms with van der Waals surface area (Å²) in [4.78, 5) is 10.2. The first-order chi connectivity index (χ1) is 6.43. The Labute approximate surface area is 81.8 Å². The predicted molar refractivity (Wildman–Crippen MR) is 49.4 cm³/mol. The lowest BCUT2D eigenvalue weighted by Crippen LogP contribution is -2.06. The van der Waals surface area contributed by atoms with Crippen molar-refractivity contribution in [3.63, 3.8) is 0 Å². The fourth-order valence-corrected chi connectivity index (χ4v) is 1.43. The number of hydrogen-bond donors (Lipinski definition) is 3. The molecule has 76 valence electrons. The molecular weight excluding hydrogens is 208 g/mol. The van der Waals surface area contributed by atoms with E-state index in [9.17, 15) is 13.6 Å². The zero-order valence-electron chi connectivity index (χ0n) is 6.89. The Kier molecular flexibility index (Phi) is 2.73. The minimum Gasteiger partial charge on any atom is -0.768 e. The lowest BCUT2D eigenvalue weighted by atomic mass is 10.2. The molecule has 14 heavy (non-hydrogen) atoms. The van der Waals surface area contributed by atoms with Crippen molar-refractivity contribution in [2.24, 2.45) is 0 Å². The molecule has 0 aliphatic rings. The first kappa shape index (κ1) is 10.5. The van der Waals surface area contributed by atoms with Crippen LogP contribution in [0.25, 0.3) is 0 Å². The van der Waals surface area contributed by atoms with Crippen molar-refractivity contribution < 1.29 is 18.7 Å². The molecule has 0 bridgehead atoms. The monoisotopic (exact) mass is 215 g/mol. The van der Waals surface area contributed by atoms with Crippen molar-refractivity contribution in [3.8, 4) is 0 Å². The predicted octanol–water partition coefficient (Wildman–Crippen LogP) is -0.213. The number of aromatic carboxylic acids is 1. The van der Waals surface area contributed by atoms with E-state index in [1.54, 1.807) is 0 Å². The molecule has 0 aliphatic carbocycles. The largest absolute Gasteiger partial charge is 0.768 e. The number of nitrogen functional groups attached to an aromatic ring is 2. The third-order valence-corrected chi connectivity index (χ3v) is 2.30. The van der Waals surface area contributed by atoms with Crippen molar-refractivity contribution in [2.75, 3.05) is 11.5 Å². The number of benzene rings is 1. The Bertz CT molecular complexity index is 418. The molecule has 1 unspecified atom stereocenters. The molecule has 0 aliphatic heterocycles. The van der Waals surface area contributed by atoms with Gasteiger partial charge in [-0.05, 0) is 23.2 Å². The van der Waals surface area contributed by atoms with E-state index in [1.165, 1.54) is 0 Å². The quantitative estimate of drug-likeness (QED) is 0.462. The summed E-state index contributed by atoms with van der Waals surface area (Å²) < 4.78 is 21.2. The van der Waals surface area contributed by atoms with Crippen molar-refractivity contribution in [2.45, 2.75) is 4.90 Å². The van der Waals surface area contributed by atoms with E-state index < -0.39 is 17.0 Å². The molecule has 1 aromatic carbocycles. The highest BCUT2D eigenvalue weighted by atomic mass is 32.2. The Hall–Kier alpha value is -1.60. The summed E-state index contributed by atoms with van der Waals surface area (Å²) in [5.74, 6) is -1.26. The van der Waals surface area contributed by atoms with Gasteiger partial charge in [0.2, 0.25) is 0 Å². The summed E-state index contributed by atoms with van der Waals surface area (Å²) in [6, 6.07) is 2.06. The maximum Gasteiger partial charge on any atom is 0.335 e. The van der Waals surface area contributed by atoms with Crippen molar-refractivity contribution in [3.05, 3.63) is 17.7 Å². The molecule has 0 fully saturated rings. The summed E-state index contributed by atoms with van der Waals surface area (Å²) >= 11 is -2.60. The van der Waals surface area contributed by atoms with Gasteiger partial charge in [-0.3, -0.25) is 4.21 Å². The number of carboxylic acids is 1. The van der Waals surface area contributed by atoms with E-state index >= 15 is 0 Å². The van der Waals surface area contributed by atoms with Gasteiger partial charge in [-0.1, -0.05) is 0 Å². The first-order valence-corrected chi connectivity index (χ1v) is 4.52. The second-order valence-corrected chi connectivity index (χ2v) is 3.43. The molecule has 0 saturated heterocycles. The summed E-state index contributed by atoms with van der Waals surface area (Å²) in [7, 11) is 0. The summed E-state index contributed by atoms with van der Waals surface area (Å²) in [5.41, 5.74) is 10.3. The van der Waals surface area contributed by atoms with E-state index in [-0.39, 0.29) is 21.8 Å². The minimum absolute atomic E-state index is 0.0656.